The predicted molar refractivity (Wildman–Crippen MR) is 70.2 cm³/mol. The van der Waals surface area contributed by atoms with Crippen molar-refractivity contribution in [2.45, 2.75) is 51.7 Å². The molecule has 3 heteroatoms. The molecule has 0 unspecified atom stereocenters. The van der Waals surface area contributed by atoms with Crippen LogP contribution in [0.15, 0.2) is 22.8 Å². The van der Waals surface area contributed by atoms with Gasteiger partial charge < -0.3 is 8.84 Å². The van der Waals surface area contributed by atoms with Crippen molar-refractivity contribution in [3.05, 3.63) is 24.2 Å². The van der Waals surface area contributed by atoms with Gasteiger partial charge in [0, 0.05) is 13.0 Å². The summed E-state index contributed by atoms with van der Waals surface area (Å²) in [5, 5.41) is 0. The van der Waals surface area contributed by atoms with Gasteiger partial charge in [-0.2, -0.15) is 0 Å². The van der Waals surface area contributed by atoms with Crippen LogP contribution in [0.25, 0.3) is 0 Å². The molecule has 0 amide bonds. The van der Waals surface area contributed by atoms with Gasteiger partial charge in [-0.3, -0.25) is 0 Å². The van der Waals surface area contributed by atoms with Crippen LogP contribution in [0.1, 0.15) is 31.4 Å². The van der Waals surface area contributed by atoms with E-state index in [1.165, 1.54) is 25.7 Å². The molecule has 0 radical (unpaired) electrons. The minimum Gasteiger partial charge on any atom is -0.469 e. The fraction of sp³-hybridized carbons (Fsp3) is 0.692. The molecular formula is C13H24O2Si. The Balaban J connectivity index is 1.89. The van der Waals surface area contributed by atoms with Crippen LogP contribution in [0.4, 0.5) is 0 Å². The zero-order valence-electron chi connectivity index (χ0n) is 10.8. The summed E-state index contributed by atoms with van der Waals surface area (Å²) in [5.41, 5.74) is 0. The van der Waals surface area contributed by atoms with Crippen molar-refractivity contribution in [2.75, 3.05) is 6.61 Å². The first-order valence-electron chi connectivity index (χ1n) is 6.24. The second-order valence-corrected chi connectivity index (χ2v) is 9.72. The normalized spacial score (nSPS) is 11.9. The lowest BCUT2D eigenvalue weighted by Gasteiger charge is -2.16. The Morgan fingerprint density at radius 1 is 1.12 bits per heavy atom. The number of furan rings is 1. The summed E-state index contributed by atoms with van der Waals surface area (Å²) in [6.07, 6.45) is 7.78. The molecule has 1 aromatic rings. The van der Waals surface area contributed by atoms with E-state index in [1.807, 2.05) is 12.1 Å². The van der Waals surface area contributed by atoms with Gasteiger partial charge in [0.05, 0.1) is 6.26 Å². The van der Waals surface area contributed by atoms with Crippen LogP contribution in [0, 0.1) is 0 Å². The highest BCUT2D eigenvalue weighted by molar-refractivity contribution is 6.69. The number of unbranched alkanes of at least 4 members (excludes halogenated alkanes) is 3. The number of hydrogen-bond acceptors (Lipinski definition) is 2. The zero-order valence-corrected chi connectivity index (χ0v) is 11.8. The van der Waals surface area contributed by atoms with Gasteiger partial charge in [-0.05, 0) is 44.6 Å². The quantitative estimate of drug-likeness (QED) is 0.501. The summed E-state index contributed by atoms with van der Waals surface area (Å²) in [6.45, 7) is 7.66. The Bertz CT molecular complexity index is 262. The summed E-state index contributed by atoms with van der Waals surface area (Å²) < 4.78 is 11.1. The highest BCUT2D eigenvalue weighted by atomic mass is 28.4. The molecule has 0 spiro atoms. The first-order valence-corrected chi connectivity index (χ1v) is 9.65. The second kappa shape index (κ2) is 6.92. The Labute approximate surface area is 100 Å². The molecule has 1 aromatic heterocycles. The van der Waals surface area contributed by atoms with E-state index in [9.17, 15) is 0 Å². The highest BCUT2D eigenvalue weighted by Crippen LogP contribution is 2.09. The molecular weight excluding hydrogens is 216 g/mol. The van der Waals surface area contributed by atoms with E-state index >= 15 is 0 Å². The number of aryl methyl sites for hydroxylation is 1. The summed E-state index contributed by atoms with van der Waals surface area (Å²) in [7, 11) is -1.28. The minimum atomic E-state index is -1.28. The van der Waals surface area contributed by atoms with Crippen molar-refractivity contribution in [3.63, 3.8) is 0 Å². The largest absolute Gasteiger partial charge is 0.469 e. The number of hydrogen-bond donors (Lipinski definition) is 0. The van der Waals surface area contributed by atoms with Crippen molar-refractivity contribution in [1.82, 2.24) is 0 Å². The smallest absolute Gasteiger partial charge is 0.183 e. The van der Waals surface area contributed by atoms with E-state index in [0.29, 0.717) is 0 Å². The summed E-state index contributed by atoms with van der Waals surface area (Å²) in [6, 6.07) is 4.01. The zero-order chi connectivity index (χ0) is 11.9. The molecule has 2 nitrogen and oxygen atoms in total. The molecule has 0 bridgehead atoms. The van der Waals surface area contributed by atoms with Crippen LogP contribution in [0.3, 0.4) is 0 Å². The topological polar surface area (TPSA) is 22.4 Å². The van der Waals surface area contributed by atoms with E-state index in [4.69, 9.17) is 8.84 Å². The van der Waals surface area contributed by atoms with Crippen LogP contribution in [0.2, 0.25) is 19.6 Å². The Morgan fingerprint density at radius 3 is 2.50 bits per heavy atom. The first kappa shape index (κ1) is 13.5. The van der Waals surface area contributed by atoms with Crippen LogP contribution in [-0.4, -0.2) is 14.9 Å². The molecule has 1 heterocycles. The third-order valence-electron chi connectivity index (χ3n) is 2.43. The molecule has 0 saturated heterocycles. The lowest BCUT2D eigenvalue weighted by Crippen LogP contribution is -2.25. The summed E-state index contributed by atoms with van der Waals surface area (Å²) >= 11 is 0. The van der Waals surface area contributed by atoms with Gasteiger partial charge in [-0.15, -0.1) is 0 Å². The van der Waals surface area contributed by atoms with Gasteiger partial charge in [0.2, 0.25) is 0 Å². The van der Waals surface area contributed by atoms with E-state index in [2.05, 4.69) is 19.6 Å². The lowest BCUT2D eigenvalue weighted by molar-refractivity contribution is 0.298. The maximum absolute atomic E-state index is 5.80. The van der Waals surface area contributed by atoms with Crippen molar-refractivity contribution >= 4 is 8.32 Å². The minimum absolute atomic E-state index is 0.941. The number of rotatable bonds is 8. The van der Waals surface area contributed by atoms with Crippen molar-refractivity contribution in [3.8, 4) is 0 Å². The molecule has 92 valence electrons. The van der Waals surface area contributed by atoms with E-state index in [0.717, 1.165) is 18.8 Å². The second-order valence-electron chi connectivity index (χ2n) is 5.20. The fourth-order valence-electron chi connectivity index (χ4n) is 1.59. The van der Waals surface area contributed by atoms with Crippen LogP contribution in [-0.2, 0) is 10.8 Å². The molecule has 0 atom stereocenters. The summed E-state index contributed by atoms with van der Waals surface area (Å²) in [5.74, 6) is 1.11. The maximum atomic E-state index is 5.80. The van der Waals surface area contributed by atoms with Gasteiger partial charge >= 0.3 is 0 Å². The summed E-state index contributed by atoms with van der Waals surface area (Å²) in [4.78, 5) is 0. The third kappa shape index (κ3) is 6.85. The van der Waals surface area contributed by atoms with Gasteiger partial charge in [-0.25, -0.2) is 0 Å². The highest BCUT2D eigenvalue weighted by Gasteiger charge is 2.12. The molecule has 1 rings (SSSR count). The Hall–Kier alpha value is -0.543. The van der Waals surface area contributed by atoms with E-state index < -0.39 is 8.32 Å². The van der Waals surface area contributed by atoms with Gasteiger partial charge in [0.15, 0.2) is 8.32 Å². The first-order chi connectivity index (χ1) is 7.58. The average molecular weight is 240 g/mol. The van der Waals surface area contributed by atoms with Crippen LogP contribution < -0.4 is 0 Å². The SMILES string of the molecule is C[Si](C)(C)OCCCCCCc1ccco1. The Morgan fingerprint density at radius 2 is 1.88 bits per heavy atom. The van der Waals surface area contributed by atoms with Crippen molar-refractivity contribution in [1.29, 1.82) is 0 Å². The Kier molecular flexibility index (Phi) is 5.84. The molecule has 0 aliphatic carbocycles. The monoisotopic (exact) mass is 240 g/mol. The van der Waals surface area contributed by atoms with Gasteiger partial charge in [-0.1, -0.05) is 12.8 Å². The molecule has 0 aromatic carbocycles. The van der Waals surface area contributed by atoms with E-state index in [1.54, 1.807) is 6.26 Å². The van der Waals surface area contributed by atoms with Crippen molar-refractivity contribution in [2.24, 2.45) is 0 Å². The third-order valence-corrected chi connectivity index (χ3v) is 3.50. The molecule has 0 saturated carbocycles. The predicted octanol–water partition coefficient (Wildman–Crippen LogP) is 4.23. The van der Waals surface area contributed by atoms with Crippen LogP contribution in [0.5, 0.6) is 0 Å². The molecule has 0 N–H and O–H groups in total. The van der Waals surface area contributed by atoms with Gasteiger partial charge in [0.1, 0.15) is 5.76 Å². The molecule has 0 fully saturated rings. The fourth-order valence-corrected chi connectivity index (χ4v) is 2.34. The maximum Gasteiger partial charge on any atom is 0.183 e. The van der Waals surface area contributed by atoms with E-state index in [-0.39, 0.29) is 0 Å². The molecule has 0 aliphatic rings. The van der Waals surface area contributed by atoms with Gasteiger partial charge in [0.25, 0.3) is 0 Å². The van der Waals surface area contributed by atoms with Crippen LogP contribution >= 0.6 is 0 Å². The molecule has 0 aliphatic heterocycles. The standard InChI is InChI=1S/C13H24O2Si/c1-16(2,3)15-12-7-5-4-6-9-13-10-8-11-14-13/h8,10-11H,4-7,9,12H2,1-3H3. The van der Waals surface area contributed by atoms with Crippen molar-refractivity contribution < 1.29 is 8.84 Å². The lowest BCUT2D eigenvalue weighted by atomic mass is 10.1. The average Bonchev–Trinajstić information content (AvgIpc) is 2.67. The molecule has 16 heavy (non-hydrogen) atoms.